The molecule has 1 atom stereocenters. The molecule has 2 aliphatic heterocycles. The van der Waals surface area contributed by atoms with E-state index in [9.17, 15) is 9.90 Å². The summed E-state index contributed by atoms with van der Waals surface area (Å²) in [6.45, 7) is 8.62. The van der Waals surface area contributed by atoms with Crippen LogP contribution in [0, 0.1) is 5.92 Å². The standard InChI is InChI=1S/C17H26N4O2.ClH/c1-11(2)7-13-10-21(6-5-19-13)15-8-12-9-18-4-3-14(12)20-16(15)17(22)23;/h8,11,13,18-19H,3-7,9-10H2,1-2H3,(H,22,23);1H. The molecule has 0 saturated carbocycles. The van der Waals surface area contributed by atoms with Gasteiger partial charge in [-0.25, -0.2) is 9.78 Å². The van der Waals surface area contributed by atoms with Gasteiger partial charge >= 0.3 is 5.97 Å². The fraction of sp³-hybridized carbons (Fsp3) is 0.647. The molecule has 2 aliphatic rings. The van der Waals surface area contributed by atoms with Crippen LogP contribution in [0.4, 0.5) is 5.69 Å². The lowest BCUT2D eigenvalue weighted by Crippen LogP contribution is -2.51. The minimum absolute atomic E-state index is 0. The van der Waals surface area contributed by atoms with E-state index in [-0.39, 0.29) is 18.1 Å². The van der Waals surface area contributed by atoms with Crippen molar-refractivity contribution in [2.24, 2.45) is 5.92 Å². The number of carboxylic acids is 1. The molecular formula is C17H27ClN4O2. The van der Waals surface area contributed by atoms with Gasteiger partial charge in [0.05, 0.1) is 5.69 Å². The van der Waals surface area contributed by atoms with Crippen molar-refractivity contribution in [2.45, 2.75) is 39.3 Å². The van der Waals surface area contributed by atoms with Crippen LogP contribution in [0.15, 0.2) is 6.07 Å². The summed E-state index contributed by atoms with van der Waals surface area (Å²) in [6, 6.07) is 2.44. The van der Waals surface area contributed by atoms with Crippen molar-refractivity contribution in [2.75, 3.05) is 31.1 Å². The molecule has 1 aromatic rings. The molecule has 7 heteroatoms. The number of fused-ring (bicyclic) bond motifs is 1. The number of nitrogens with one attached hydrogen (secondary N) is 2. The minimum Gasteiger partial charge on any atom is -0.476 e. The smallest absolute Gasteiger partial charge is 0.356 e. The van der Waals surface area contributed by atoms with Crippen LogP contribution >= 0.6 is 12.4 Å². The lowest BCUT2D eigenvalue weighted by Gasteiger charge is -2.37. The number of anilines is 1. The molecule has 0 amide bonds. The Bertz CT molecular complexity index is 594. The van der Waals surface area contributed by atoms with E-state index in [2.05, 4.69) is 34.4 Å². The van der Waals surface area contributed by atoms with Crippen molar-refractivity contribution in [3.63, 3.8) is 0 Å². The van der Waals surface area contributed by atoms with Crippen molar-refractivity contribution in [1.29, 1.82) is 0 Å². The third-order valence-electron chi connectivity index (χ3n) is 4.58. The van der Waals surface area contributed by atoms with Crippen LogP contribution in [0.2, 0.25) is 0 Å². The number of hydrogen-bond acceptors (Lipinski definition) is 5. The van der Waals surface area contributed by atoms with Crippen molar-refractivity contribution < 1.29 is 9.90 Å². The largest absolute Gasteiger partial charge is 0.476 e. The monoisotopic (exact) mass is 354 g/mol. The number of rotatable bonds is 4. The number of halogens is 1. The molecule has 0 aliphatic carbocycles. The molecule has 1 unspecified atom stereocenters. The quantitative estimate of drug-likeness (QED) is 0.763. The normalized spacial score (nSPS) is 20.5. The topological polar surface area (TPSA) is 77.5 Å². The third kappa shape index (κ3) is 4.18. The van der Waals surface area contributed by atoms with Gasteiger partial charge in [-0.05, 0) is 24.0 Å². The minimum atomic E-state index is -0.930. The molecule has 3 rings (SSSR count). The van der Waals surface area contributed by atoms with E-state index >= 15 is 0 Å². The van der Waals surface area contributed by atoms with Gasteiger partial charge in [-0.2, -0.15) is 0 Å². The van der Waals surface area contributed by atoms with Crippen LogP contribution in [0.5, 0.6) is 0 Å². The summed E-state index contributed by atoms with van der Waals surface area (Å²) in [5, 5.41) is 16.5. The van der Waals surface area contributed by atoms with E-state index in [1.54, 1.807) is 0 Å². The summed E-state index contributed by atoms with van der Waals surface area (Å²) < 4.78 is 0. The third-order valence-corrected chi connectivity index (χ3v) is 4.58. The Morgan fingerprint density at radius 3 is 2.96 bits per heavy atom. The van der Waals surface area contributed by atoms with Crippen LogP contribution in [0.3, 0.4) is 0 Å². The van der Waals surface area contributed by atoms with Gasteiger partial charge in [-0.3, -0.25) is 0 Å². The first-order chi connectivity index (χ1) is 11.0. The summed E-state index contributed by atoms with van der Waals surface area (Å²) in [5.41, 5.74) is 3.04. The number of carbonyl (C=O) groups is 1. The van der Waals surface area contributed by atoms with E-state index in [0.717, 1.165) is 62.5 Å². The molecule has 3 heterocycles. The number of aromatic carboxylic acids is 1. The second-order valence-corrected chi connectivity index (χ2v) is 6.92. The van der Waals surface area contributed by atoms with E-state index < -0.39 is 5.97 Å². The molecule has 134 valence electrons. The Balaban J connectivity index is 0.00000208. The molecule has 1 saturated heterocycles. The van der Waals surface area contributed by atoms with Gasteiger partial charge in [-0.15, -0.1) is 12.4 Å². The molecule has 0 spiro atoms. The lowest BCUT2D eigenvalue weighted by atomic mass is 10.0. The van der Waals surface area contributed by atoms with Gasteiger partial charge in [-0.1, -0.05) is 13.8 Å². The Hall–Kier alpha value is -1.37. The summed E-state index contributed by atoms with van der Waals surface area (Å²) >= 11 is 0. The van der Waals surface area contributed by atoms with Gasteiger partial charge < -0.3 is 20.6 Å². The second kappa shape index (κ2) is 8.14. The van der Waals surface area contributed by atoms with Crippen molar-refractivity contribution in [1.82, 2.24) is 15.6 Å². The molecule has 1 aromatic heterocycles. The zero-order valence-corrected chi connectivity index (χ0v) is 15.2. The first kappa shape index (κ1) is 19.0. The molecule has 3 N–H and O–H groups in total. The first-order valence-electron chi connectivity index (χ1n) is 8.49. The maximum atomic E-state index is 11.7. The van der Waals surface area contributed by atoms with Crippen LogP contribution < -0.4 is 15.5 Å². The highest BCUT2D eigenvalue weighted by molar-refractivity contribution is 5.92. The van der Waals surface area contributed by atoms with E-state index in [4.69, 9.17) is 0 Å². The average Bonchev–Trinajstić information content (AvgIpc) is 2.53. The lowest BCUT2D eigenvalue weighted by molar-refractivity contribution is 0.0690. The Morgan fingerprint density at radius 2 is 2.25 bits per heavy atom. The molecular weight excluding hydrogens is 328 g/mol. The van der Waals surface area contributed by atoms with Crippen molar-refractivity contribution in [3.8, 4) is 0 Å². The Morgan fingerprint density at radius 1 is 1.46 bits per heavy atom. The number of piperazine rings is 1. The number of pyridine rings is 1. The van der Waals surface area contributed by atoms with Gasteiger partial charge in [0.15, 0.2) is 5.69 Å². The van der Waals surface area contributed by atoms with Gasteiger partial charge in [0.2, 0.25) is 0 Å². The van der Waals surface area contributed by atoms with Gasteiger partial charge in [0, 0.05) is 50.9 Å². The Labute approximate surface area is 149 Å². The summed E-state index contributed by atoms with van der Waals surface area (Å²) in [6.07, 6.45) is 1.90. The van der Waals surface area contributed by atoms with Crippen LogP contribution in [0.1, 0.15) is 42.0 Å². The number of aromatic nitrogens is 1. The molecule has 24 heavy (non-hydrogen) atoms. The Kier molecular flexibility index (Phi) is 6.43. The molecule has 0 bridgehead atoms. The van der Waals surface area contributed by atoms with E-state index in [1.165, 1.54) is 0 Å². The van der Waals surface area contributed by atoms with Crippen molar-refractivity contribution >= 4 is 24.1 Å². The molecule has 0 radical (unpaired) electrons. The SMILES string of the molecule is CC(C)CC1CN(c2cc3c(nc2C(=O)O)CCNC3)CCN1.Cl. The summed E-state index contributed by atoms with van der Waals surface area (Å²) in [7, 11) is 0. The zero-order chi connectivity index (χ0) is 16.4. The summed E-state index contributed by atoms with van der Waals surface area (Å²) in [5.74, 6) is -0.308. The van der Waals surface area contributed by atoms with Crippen molar-refractivity contribution in [3.05, 3.63) is 23.0 Å². The number of nitrogens with zero attached hydrogens (tertiary/aromatic N) is 2. The summed E-state index contributed by atoms with van der Waals surface area (Å²) in [4.78, 5) is 18.4. The number of carboxylic acid groups (broad SMARTS) is 1. The van der Waals surface area contributed by atoms with Crippen LogP contribution in [-0.2, 0) is 13.0 Å². The zero-order valence-electron chi connectivity index (χ0n) is 14.3. The highest BCUT2D eigenvalue weighted by Crippen LogP contribution is 2.26. The fourth-order valence-corrected chi connectivity index (χ4v) is 3.55. The predicted octanol–water partition coefficient (Wildman–Crippen LogP) is 1.67. The van der Waals surface area contributed by atoms with Crippen LogP contribution in [-0.4, -0.2) is 48.3 Å². The fourth-order valence-electron chi connectivity index (χ4n) is 3.55. The highest BCUT2D eigenvalue weighted by Gasteiger charge is 2.26. The predicted molar refractivity (Wildman–Crippen MR) is 97.3 cm³/mol. The average molecular weight is 355 g/mol. The van der Waals surface area contributed by atoms with E-state index in [1.807, 2.05) is 6.07 Å². The maximum absolute atomic E-state index is 11.7. The molecule has 0 aromatic carbocycles. The number of hydrogen-bond donors (Lipinski definition) is 3. The van der Waals surface area contributed by atoms with Gasteiger partial charge in [0.25, 0.3) is 0 Å². The van der Waals surface area contributed by atoms with E-state index in [0.29, 0.717) is 12.0 Å². The second-order valence-electron chi connectivity index (χ2n) is 6.92. The molecule has 6 nitrogen and oxygen atoms in total. The van der Waals surface area contributed by atoms with Crippen LogP contribution in [0.25, 0.3) is 0 Å². The maximum Gasteiger partial charge on any atom is 0.356 e. The highest BCUT2D eigenvalue weighted by atomic mass is 35.5. The van der Waals surface area contributed by atoms with Gasteiger partial charge in [0.1, 0.15) is 0 Å². The molecule has 1 fully saturated rings. The first-order valence-corrected chi connectivity index (χ1v) is 8.49.